The minimum Gasteiger partial charge on any atom is -0.478 e. The Morgan fingerprint density at radius 3 is 2.69 bits per heavy atom. The Hall–Kier alpha value is -3.37. The molecule has 35 heavy (non-hydrogen) atoms. The summed E-state index contributed by atoms with van der Waals surface area (Å²) in [6.07, 6.45) is 2.55. The molecule has 3 aromatic rings. The second-order valence-corrected chi connectivity index (χ2v) is 10.9. The van der Waals surface area contributed by atoms with E-state index in [0.717, 1.165) is 6.42 Å². The summed E-state index contributed by atoms with van der Waals surface area (Å²) in [6.45, 7) is 2.97. The van der Waals surface area contributed by atoms with Crippen LogP contribution < -0.4 is 14.9 Å². The first kappa shape index (κ1) is 23.4. The normalized spacial score (nSPS) is 19.2. The van der Waals surface area contributed by atoms with E-state index in [4.69, 9.17) is 18.6 Å². The van der Waals surface area contributed by atoms with Gasteiger partial charge in [0.1, 0.15) is 30.1 Å². The predicted molar refractivity (Wildman–Crippen MR) is 128 cm³/mol. The lowest BCUT2D eigenvalue weighted by Gasteiger charge is -2.33. The van der Waals surface area contributed by atoms with Gasteiger partial charge < -0.3 is 18.6 Å². The van der Waals surface area contributed by atoms with Crippen LogP contribution in [0.5, 0.6) is 17.2 Å². The van der Waals surface area contributed by atoms with Crippen LogP contribution >= 0.6 is 0 Å². The van der Waals surface area contributed by atoms with Gasteiger partial charge in [-0.15, -0.1) is 0 Å². The minimum absolute atomic E-state index is 0.00855. The van der Waals surface area contributed by atoms with E-state index >= 15 is 0 Å². The third kappa shape index (κ3) is 4.76. The maximum atomic E-state index is 13.1. The van der Waals surface area contributed by atoms with Gasteiger partial charge in [0.25, 0.3) is 0 Å². The van der Waals surface area contributed by atoms with E-state index in [1.165, 1.54) is 6.26 Å². The summed E-state index contributed by atoms with van der Waals surface area (Å²) in [5.41, 5.74) is 1.14. The molecule has 1 unspecified atom stereocenters. The van der Waals surface area contributed by atoms with Gasteiger partial charge >= 0.3 is 5.97 Å². The van der Waals surface area contributed by atoms with Crippen molar-refractivity contribution in [1.82, 2.24) is 4.90 Å². The summed E-state index contributed by atoms with van der Waals surface area (Å²) in [7, 11) is -3.03. The molecule has 10 heteroatoms. The molecule has 1 aromatic heterocycles. The van der Waals surface area contributed by atoms with Gasteiger partial charge in [-0.3, -0.25) is 9.69 Å². The fourth-order valence-electron chi connectivity index (χ4n) is 4.34. The Balaban J connectivity index is 1.38. The van der Waals surface area contributed by atoms with Gasteiger partial charge in [-0.05, 0) is 49.2 Å². The van der Waals surface area contributed by atoms with Crippen molar-refractivity contribution in [3.05, 3.63) is 64.0 Å². The number of rotatable bonds is 6. The number of hydrogen-bond acceptors (Lipinski definition) is 9. The Morgan fingerprint density at radius 2 is 1.97 bits per heavy atom. The molecule has 0 spiro atoms. The smallest absolute Gasteiger partial charge is 0.338 e. The van der Waals surface area contributed by atoms with Crippen molar-refractivity contribution in [2.75, 3.05) is 24.8 Å². The minimum atomic E-state index is -3.03. The highest BCUT2D eigenvalue weighted by molar-refractivity contribution is 7.91. The van der Waals surface area contributed by atoms with Crippen LogP contribution in [0.25, 0.3) is 11.0 Å². The van der Waals surface area contributed by atoms with E-state index in [-0.39, 0.29) is 35.5 Å². The molecule has 2 aromatic carbocycles. The molecule has 2 aliphatic rings. The molecule has 0 bridgehead atoms. The molecular formula is C25H25NO8S. The lowest BCUT2D eigenvalue weighted by molar-refractivity contribution is 0.0505. The van der Waals surface area contributed by atoms with Gasteiger partial charge in [0.05, 0.1) is 34.6 Å². The van der Waals surface area contributed by atoms with Crippen LogP contribution in [-0.4, -0.2) is 50.2 Å². The van der Waals surface area contributed by atoms with E-state index in [0.29, 0.717) is 53.2 Å². The number of esters is 1. The largest absolute Gasteiger partial charge is 0.478 e. The third-order valence-electron chi connectivity index (χ3n) is 6.20. The first-order valence-electron chi connectivity index (χ1n) is 11.4. The fourth-order valence-corrected chi connectivity index (χ4v) is 6.10. The zero-order chi connectivity index (χ0) is 24.6. The summed E-state index contributed by atoms with van der Waals surface area (Å²) in [4.78, 5) is 27.1. The Bertz CT molecular complexity index is 1430. The van der Waals surface area contributed by atoms with E-state index in [9.17, 15) is 18.0 Å². The molecule has 0 aliphatic carbocycles. The number of carbonyl (C=O) groups is 1. The van der Waals surface area contributed by atoms with Gasteiger partial charge in [-0.2, -0.15) is 0 Å². The molecule has 5 rings (SSSR count). The molecular weight excluding hydrogens is 474 g/mol. The van der Waals surface area contributed by atoms with E-state index in [2.05, 4.69) is 0 Å². The van der Waals surface area contributed by atoms with Crippen LogP contribution in [0.3, 0.4) is 0 Å². The fraction of sp³-hybridized carbons (Fsp3) is 0.360. The molecule has 0 radical (unpaired) electrons. The number of fused-ring (bicyclic) bond motifs is 3. The number of hydrogen-bond donors (Lipinski definition) is 0. The zero-order valence-corrected chi connectivity index (χ0v) is 20.0. The first-order chi connectivity index (χ1) is 16.8. The molecule has 3 heterocycles. The Kier molecular flexibility index (Phi) is 6.24. The van der Waals surface area contributed by atoms with Crippen molar-refractivity contribution in [2.24, 2.45) is 0 Å². The molecule has 0 N–H and O–H groups in total. The van der Waals surface area contributed by atoms with E-state index in [1.54, 1.807) is 36.4 Å². The molecule has 1 saturated heterocycles. The lowest BCUT2D eigenvalue weighted by Crippen LogP contribution is -2.41. The van der Waals surface area contributed by atoms with Crippen molar-refractivity contribution < 1.29 is 31.8 Å². The van der Waals surface area contributed by atoms with Gasteiger partial charge in [0.2, 0.25) is 11.2 Å². The summed E-state index contributed by atoms with van der Waals surface area (Å²) < 4.78 is 46.3. The average molecular weight is 500 g/mol. The number of sulfone groups is 1. The second kappa shape index (κ2) is 9.35. The monoisotopic (exact) mass is 499 g/mol. The number of nitrogens with zero attached hydrogens (tertiary/aromatic N) is 1. The van der Waals surface area contributed by atoms with Gasteiger partial charge in [-0.25, -0.2) is 13.2 Å². The molecule has 0 saturated carbocycles. The third-order valence-corrected chi connectivity index (χ3v) is 7.95. The topological polar surface area (TPSA) is 112 Å². The second-order valence-electron chi connectivity index (χ2n) is 8.69. The van der Waals surface area contributed by atoms with Crippen LogP contribution in [0.15, 0.2) is 51.9 Å². The molecule has 2 aliphatic heterocycles. The quantitative estimate of drug-likeness (QED) is 0.470. The Labute approximate surface area is 202 Å². The molecule has 184 valence electrons. The van der Waals surface area contributed by atoms with Crippen molar-refractivity contribution in [3.63, 3.8) is 0 Å². The first-order valence-corrected chi connectivity index (χ1v) is 13.3. The number of ether oxygens (including phenoxy) is 3. The average Bonchev–Trinajstić information content (AvgIpc) is 3.23. The highest BCUT2D eigenvalue weighted by atomic mass is 32.2. The highest BCUT2D eigenvalue weighted by Gasteiger charge is 2.35. The van der Waals surface area contributed by atoms with Crippen LogP contribution in [0, 0.1) is 0 Å². The summed E-state index contributed by atoms with van der Waals surface area (Å²) in [6, 6.07) is 9.54. The Morgan fingerprint density at radius 1 is 1.17 bits per heavy atom. The molecule has 1 fully saturated rings. The lowest BCUT2D eigenvalue weighted by atomic mass is 10.1. The summed E-state index contributed by atoms with van der Waals surface area (Å²) >= 11 is 0. The maximum Gasteiger partial charge on any atom is 0.338 e. The number of carbonyl (C=O) groups excluding carboxylic acids is 1. The van der Waals surface area contributed by atoms with E-state index in [1.807, 2.05) is 11.8 Å². The zero-order valence-electron chi connectivity index (χ0n) is 19.2. The SMILES string of the molecule is CCCOC(=O)c1ccc(Oc2coc3c4c(ccc3c2=O)OCN(C2CCS(=O)(=O)C2)C4)cc1. The predicted octanol–water partition coefficient (Wildman–Crippen LogP) is 3.49. The maximum absolute atomic E-state index is 13.1. The molecule has 9 nitrogen and oxygen atoms in total. The van der Waals surface area contributed by atoms with Gasteiger partial charge in [0.15, 0.2) is 9.84 Å². The van der Waals surface area contributed by atoms with Crippen LogP contribution in [0.1, 0.15) is 35.7 Å². The van der Waals surface area contributed by atoms with Crippen LogP contribution in [0.2, 0.25) is 0 Å². The highest BCUT2D eigenvalue weighted by Crippen LogP contribution is 2.34. The summed E-state index contributed by atoms with van der Waals surface area (Å²) in [5, 5.41) is 0.338. The van der Waals surface area contributed by atoms with Crippen molar-refractivity contribution in [2.45, 2.75) is 32.4 Å². The number of benzene rings is 2. The van der Waals surface area contributed by atoms with Crippen molar-refractivity contribution in [1.29, 1.82) is 0 Å². The molecule has 0 amide bonds. The van der Waals surface area contributed by atoms with Gasteiger partial charge in [-0.1, -0.05) is 6.92 Å². The molecule has 1 atom stereocenters. The van der Waals surface area contributed by atoms with Crippen LogP contribution in [0.4, 0.5) is 0 Å². The van der Waals surface area contributed by atoms with Gasteiger partial charge in [0, 0.05) is 12.6 Å². The van der Waals surface area contributed by atoms with Crippen LogP contribution in [-0.2, 0) is 21.1 Å². The summed E-state index contributed by atoms with van der Waals surface area (Å²) in [5.74, 6) is 0.852. The van der Waals surface area contributed by atoms with Crippen molar-refractivity contribution in [3.8, 4) is 17.2 Å². The standard InChI is InChI=1S/C25H25NO8S/c1-2-10-31-25(28)16-3-5-18(6-4-16)34-22-13-32-24-19(23(22)27)7-8-21-20(24)12-26(15-33-21)17-9-11-35(29,30)14-17/h3-8,13,17H,2,9-12,14-15H2,1H3. The van der Waals surface area contributed by atoms with Crippen molar-refractivity contribution >= 4 is 26.8 Å². The van der Waals surface area contributed by atoms with E-state index < -0.39 is 15.8 Å².